The summed E-state index contributed by atoms with van der Waals surface area (Å²) in [6.45, 7) is 2.04. The molecule has 4 nitrogen and oxygen atoms in total. The van der Waals surface area contributed by atoms with Crippen molar-refractivity contribution in [2.75, 3.05) is 13.2 Å². The van der Waals surface area contributed by atoms with Gasteiger partial charge in [0.2, 0.25) is 0 Å². The maximum absolute atomic E-state index is 11.7. The van der Waals surface area contributed by atoms with E-state index in [4.69, 9.17) is 10.8 Å². The zero-order valence-electron chi connectivity index (χ0n) is 10.7. The highest BCUT2D eigenvalue weighted by Gasteiger charge is 2.39. The fraction of sp³-hybridized carbons (Fsp3) is 0.500. The summed E-state index contributed by atoms with van der Waals surface area (Å²) < 4.78 is 0. The van der Waals surface area contributed by atoms with Crippen LogP contribution in [0, 0.1) is 6.92 Å². The topological polar surface area (TPSA) is 83.5 Å². The van der Waals surface area contributed by atoms with Gasteiger partial charge in [0.25, 0.3) is 0 Å². The Morgan fingerprint density at radius 1 is 1.33 bits per heavy atom. The van der Waals surface area contributed by atoms with Crippen LogP contribution >= 0.6 is 0 Å². The highest BCUT2D eigenvalue weighted by molar-refractivity contribution is 5.82. The second-order valence-electron chi connectivity index (χ2n) is 4.59. The fourth-order valence-corrected chi connectivity index (χ4v) is 2.30. The van der Waals surface area contributed by atoms with Crippen molar-refractivity contribution in [3.05, 3.63) is 35.4 Å². The van der Waals surface area contributed by atoms with Crippen molar-refractivity contribution in [1.29, 1.82) is 0 Å². The SMILES string of the molecule is Cc1ccccc1C(CN)(CCCCO)C(=O)O. The van der Waals surface area contributed by atoms with Gasteiger partial charge in [-0.2, -0.15) is 0 Å². The summed E-state index contributed by atoms with van der Waals surface area (Å²) in [7, 11) is 0. The first-order valence-corrected chi connectivity index (χ1v) is 6.19. The molecule has 0 aliphatic heterocycles. The van der Waals surface area contributed by atoms with Gasteiger partial charge < -0.3 is 15.9 Å². The minimum atomic E-state index is -1.04. The number of carboxylic acid groups (broad SMARTS) is 1. The zero-order chi connectivity index (χ0) is 13.6. The van der Waals surface area contributed by atoms with Crippen LogP contribution in [0.3, 0.4) is 0 Å². The first kappa shape index (κ1) is 14.7. The van der Waals surface area contributed by atoms with Crippen LogP contribution in [0.2, 0.25) is 0 Å². The van der Waals surface area contributed by atoms with Crippen molar-refractivity contribution in [2.45, 2.75) is 31.6 Å². The van der Waals surface area contributed by atoms with Gasteiger partial charge in [-0.05, 0) is 37.3 Å². The minimum Gasteiger partial charge on any atom is -0.481 e. The first-order valence-electron chi connectivity index (χ1n) is 6.19. The molecule has 1 rings (SSSR count). The predicted molar refractivity (Wildman–Crippen MR) is 70.5 cm³/mol. The second kappa shape index (κ2) is 6.52. The van der Waals surface area contributed by atoms with E-state index in [0.29, 0.717) is 19.3 Å². The molecule has 0 spiro atoms. The summed E-state index contributed by atoms with van der Waals surface area (Å²) in [4.78, 5) is 11.7. The molecule has 100 valence electrons. The summed E-state index contributed by atoms with van der Waals surface area (Å²) in [6, 6.07) is 7.45. The summed E-state index contributed by atoms with van der Waals surface area (Å²) in [5.74, 6) is -0.891. The van der Waals surface area contributed by atoms with E-state index in [1.54, 1.807) is 0 Å². The number of hydrogen-bond donors (Lipinski definition) is 3. The van der Waals surface area contributed by atoms with Crippen LogP contribution in [0.15, 0.2) is 24.3 Å². The third-order valence-electron chi connectivity index (χ3n) is 3.43. The van der Waals surface area contributed by atoms with Gasteiger partial charge in [0.1, 0.15) is 5.41 Å². The van der Waals surface area contributed by atoms with E-state index in [0.717, 1.165) is 11.1 Å². The van der Waals surface area contributed by atoms with Crippen LogP contribution < -0.4 is 5.73 Å². The van der Waals surface area contributed by atoms with Crippen molar-refractivity contribution >= 4 is 5.97 Å². The molecule has 0 aliphatic carbocycles. The normalized spacial score (nSPS) is 14.2. The van der Waals surface area contributed by atoms with Gasteiger partial charge in [0, 0.05) is 13.2 Å². The van der Waals surface area contributed by atoms with Gasteiger partial charge in [0.15, 0.2) is 0 Å². The lowest BCUT2D eigenvalue weighted by Crippen LogP contribution is -2.43. The molecule has 0 radical (unpaired) electrons. The number of rotatable bonds is 7. The molecule has 0 fully saturated rings. The van der Waals surface area contributed by atoms with Gasteiger partial charge in [-0.15, -0.1) is 0 Å². The third-order valence-corrected chi connectivity index (χ3v) is 3.43. The van der Waals surface area contributed by atoms with Gasteiger partial charge in [0.05, 0.1) is 0 Å². The smallest absolute Gasteiger partial charge is 0.315 e. The highest BCUT2D eigenvalue weighted by Crippen LogP contribution is 2.31. The van der Waals surface area contributed by atoms with Gasteiger partial charge in [-0.3, -0.25) is 4.79 Å². The largest absolute Gasteiger partial charge is 0.481 e. The highest BCUT2D eigenvalue weighted by atomic mass is 16.4. The van der Waals surface area contributed by atoms with E-state index in [1.807, 2.05) is 31.2 Å². The number of aliphatic hydroxyl groups excluding tert-OH is 1. The summed E-state index contributed by atoms with van der Waals surface area (Å²) in [6.07, 6.45) is 1.69. The molecule has 4 N–H and O–H groups in total. The molecule has 0 amide bonds. The van der Waals surface area contributed by atoms with Gasteiger partial charge in [-0.1, -0.05) is 24.3 Å². The quantitative estimate of drug-likeness (QED) is 0.640. The average Bonchev–Trinajstić information content (AvgIpc) is 2.36. The Bertz CT molecular complexity index is 406. The molecule has 0 heterocycles. The van der Waals surface area contributed by atoms with Crippen LogP contribution in [0.5, 0.6) is 0 Å². The Labute approximate surface area is 107 Å². The molecule has 0 bridgehead atoms. The molecule has 1 unspecified atom stereocenters. The molecular weight excluding hydrogens is 230 g/mol. The maximum Gasteiger partial charge on any atom is 0.315 e. The number of aliphatic carboxylic acids is 1. The lowest BCUT2D eigenvalue weighted by atomic mass is 9.74. The Balaban J connectivity index is 3.11. The Morgan fingerprint density at radius 2 is 2.00 bits per heavy atom. The van der Waals surface area contributed by atoms with Crippen LogP contribution in [-0.4, -0.2) is 29.3 Å². The number of carbonyl (C=O) groups is 1. The average molecular weight is 251 g/mol. The standard InChI is InChI=1S/C14H21NO3/c1-11-6-2-3-7-12(11)14(10-15,13(17)18)8-4-5-9-16/h2-3,6-7,16H,4-5,8-10,15H2,1H3,(H,17,18). The van der Waals surface area contributed by atoms with E-state index < -0.39 is 11.4 Å². The predicted octanol–water partition coefficient (Wildman–Crippen LogP) is 1.44. The number of carboxylic acids is 1. The number of benzene rings is 1. The van der Waals surface area contributed by atoms with Crippen LogP contribution in [-0.2, 0) is 10.2 Å². The van der Waals surface area contributed by atoms with Crippen LogP contribution in [0.25, 0.3) is 0 Å². The molecule has 0 aromatic heterocycles. The van der Waals surface area contributed by atoms with Crippen LogP contribution in [0.1, 0.15) is 30.4 Å². The van der Waals surface area contributed by atoms with E-state index in [2.05, 4.69) is 0 Å². The molecule has 4 heteroatoms. The van der Waals surface area contributed by atoms with Gasteiger partial charge in [-0.25, -0.2) is 0 Å². The number of aryl methyl sites for hydroxylation is 1. The van der Waals surface area contributed by atoms with Crippen LogP contribution in [0.4, 0.5) is 0 Å². The van der Waals surface area contributed by atoms with Crippen molar-refractivity contribution in [3.63, 3.8) is 0 Å². The van der Waals surface area contributed by atoms with E-state index in [1.165, 1.54) is 0 Å². The van der Waals surface area contributed by atoms with Crippen molar-refractivity contribution in [3.8, 4) is 0 Å². The Hall–Kier alpha value is -1.39. The molecule has 0 saturated heterocycles. The molecule has 18 heavy (non-hydrogen) atoms. The monoisotopic (exact) mass is 251 g/mol. The first-order chi connectivity index (χ1) is 8.58. The number of aliphatic hydroxyl groups is 1. The number of hydrogen-bond acceptors (Lipinski definition) is 3. The number of unbranched alkanes of at least 4 members (excludes halogenated alkanes) is 1. The third kappa shape index (κ3) is 2.89. The lowest BCUT2D eigenvalue weighted by molar-refractivity contribution is -0.143. The molecule has 0 aliphatic rings. The summed E-state index contributed by atoms with van der Waals surface area (Å²) in [5, 5.41) is 18.4. The summed E-state index contributed by atoms with van der Waals surface area (Å²) in [5.41, 5.74) is 6.42. The Morgan fingerprint density at radius 3 is 2.50 bits per heavy atom. The zero-order valence-corrected chi connectivity index (χ0v) is 10.7. The molecular formula is C14H21NO3. The molecule has 0 saturated carbocycles. The van der Waals surface area contributed by atoms with Crippen molar-refractivity contribution in [1.82, 2.24) is 0 Å². The van der Waals surface area contributed by atoms with E-state index >= 15 is 0 Å². The molecule has 1 aromatic carbocycles. The van der Waals surface area contributed by atoms with E-state index in [9.17, 15) is 9.90 Å². The van der Waals surface area contributed by atoms with E-state index in [-0.39, 0.29) is 13.2 Å². The summed E-state index contributed by atoms with van der Waals surface area (Å²) >= 11 is 0. The van der Waals surface area contributed by atoms with Gasteiger partial charge >= 0.3 is 5.97 Å². The number of nitrogens with two attached hydrogens (primary N) is 1. The maximum atomic E-state index is 11.7. The molecule has 1 aromatic rings. The second-order valence-corrected chi connectivity index (χ2v) is 4.59. The minimum absolute atomic E-state index is 0.0681. The van der Waals surface area contributed by atoms with Crippen molar-refractivity contribution in [2.24, 2.45) is 5.73 Å². The lowest BCUT2D eigenvalue weighted by Gasteiger charge is -2.30. The van der Waals surface area contributed by atoms with Crippen molar-refractivity contribution < 1.29 is 15.0 Å². The Kier molecular flexibility index (Phi) is 5.31. The molecule has 1 atom stereocenters. The fourth-order valence-electron chi connectivity index (χ4n) is 2.30.